The van der Waals surface area contributed by atoms with Crippen LogP contribution in [-0.2, 0) is 6.18 Å². The van der Waals surface area contributed by atoms with Crippen molar-refractivity contribution in [2.75, 3.05) is 5.73 Å². The number of hydrogen-bond acceptors (Lipinski definition) is 3. The summed E-state index contributed by atoms with van der Waals surface area (Å²) in [5.41, 5.74) is 8.57. The number of benzene rings is 3. The van der Waals surface area contributed by atoms with Gasteiger partial charge in [-0.3, -0.25) is 5.41 Å². The van der Waals surface area contributed by atoms with Gasteiger partial charge in [-0.1, -0.05) is 30.3 Å². The lowest BCUT2D eigenvalue weighted by Gasteiger charge is -2.11. The van der Waals surface area contributed by atoms with Crippen LogP contribution in [0.4, 0.5) is 18.9 Å². The number of nitrogens with two attached hydrogens (primary N) is 1. The van der Waals surface area contributed by atoms with E-state index in [1.54, 1.807) is 24.3 Å². The van der Waals surface area contributed by atoms with Crippen molar-refractivity contribution in [3.05, 3.63) is 83.7 Å². The van der Waals surface area contributed by atoms with E-state index in [0.29, 0.717) is 28.2 Å². The molecule has 1 heterocycles. The molecule has 4 aromatic rings. The second-order valence-corrected chi connectivity index (χ2v) is 6.36. The van der Waals surface area contributed by atoms with Gasteiger partial charge in [-0.25, -0.2) is 4.98 Å². The number of nitrogen functional groups attached to an aromatic ring is 1. The van der Waals surface area contributed by atoms with Crippen LogP contribution in [0.15, 0.2) is 66.7 Å². The summed E-state index contributed by atoms with van der Waals surface area (Å²) < 4.78 is 39.0. The Morgan fingerprint density at radius 1 is 0.929 bits per heavy atom. The van der Waals surface area contributed by atoms with Gasteiger partial charge in [0.25, 0.3) is 0 Å². The molecular formula is C21H15F3N4. The van der Waals surface area contributed by atoms with Crippen molar-refractivity contribution in [2.45, 2.75) is 6.18 Å². The average molecular weight is 380 g/mol. The number of alkyl halides is 3. The molecule has 0 radical (unpaired) electrons. The van der Waals surface area contributed by atoms with Crippen LogP contribution in [0, 0.1) is 5.41 Å². The van der Waals surface area contributed by atoms with Crippen LogP contribution in [-0.4, -0.2) is 15.7 Å². The maximum Gasteiger partial charge on any atom is 0.416 e. The molecule has 0 saturated heterocycles. The van der Waals surface area contributed by atoms with Gasteiger partial charge in [-0.05, 0) is 47.5 Å². The minimum atomic E-state index is -4.42. The van der Waals surface area contributed by atoms with Crippen LogP contribution in [0.1, 0.15) is 17.0 Å². The number of anilines is 1. The van der Waals surface area contributed by atoms with E-state index in [2.05, 4.69) is 9.97 Å². The lowest BCUT2D eigenvalue weighted by Crippen LogP contribution is -2.08. The van der Waals surface area contributed by atoms with Gasteiger partial charge < -0.3 is 10.7 Å². The number of aromatic nitrogens is 2. The predicted octanol–water partition coefficient (Wildman–Crippen LogP) is 5.25. The van der Waals surface area contributed by atoms with E-state index >= 15 is 0 Å². The minimum Gasteiger partial charge on any atom is -0.398 e. The minimum absolute atomic E-state index is 0.0718. The van der Waals surface area contributed by atoms with E-state index in [9.17, 15) is 13.2 Å². The molecule has 3 aromatic carbocycles. The van der Waals surface area contributed by atoms with Gasteiger partial charge in [0.1, 0.15) is 5.71 Å². The Kier molecular flexibility index (Phi) is 4.15. The Balaban J connectivity index is 1.76. The van der Waals surface area contributed by atoms with Crippen molar-refractivity contribution >= 4 is 22.4 Å². The SMILES string of the molecule is N=C(c1nc2ccccc2[nH]1)c1cc(-c2cccc(C(F)(F)F)c2)ccc1N. The molecule has 0 bridgehead atoms. The summed E-state index contributed by atoms with van der Waals surface area (Å²) >= 11 is 0. The van der Waals surface area contributed by atoms with E-state index in [1.807, 2.05) is 24.3 Å². The zero-order chi connectivity index (χ0) is 19.9. The van der Waals surface area contributed by atoms with Crippen molar-refractivity contribution in [1.82, 2.24) is 9.97 Å². The second kappa shape index (κ2) is 6.53. The molecule has 4 N–H and O–H groups in total. The summed E-state index contributed by atoms with van der Waals surface area (Å²) in [5, 5.41) is 8.49. The highest BCUT2D eigenvalue weighted by molar-refractivity contribution is 6.13. The molecule has 140 valence electrons. The first-order valence-corrected chi connectivity index (χ1v) is 8.44. The fraction of sp³-hybridized carbons (Fsp3) is 0.0476. The van der Waals surface area contributed by atoms with Crippen molar-refractivity contribution in [3.8, 4) is 11.1 Å². The molecule has 0 aliphatic rings. The Morgan fingerprint density at radius 3 is 2.43 bits per heavy atom. The molecule has 0 saturated carbocycles. The maximum absolute atomic E-state index is 13.0. The van der Waals surface area contributed by atoms with E-state index in [0.717, 1.165) is 23.2 Å². The number of rotatable bonds is 3. The lowest BCUT2D eigenvalue weighted by atomic mass is 9.98. The first-order valence-electron chi connectivity index (χ1n) is 8.44. The summed E-state index contributed by atoms with van der Waals surface area (Å²) in [6.07, 6.45) is -4.42. The summed E-state index contributed by atoms with van der Waals surface area (Å²) in [4.78, 5) is 7.46. The molecule has 0 atom stereocenters. The first kappa shape index (κ1) is 17.8. The van der Waals surface area contributed by atoms with Gasteiger partial charge in [-0.15, -0.1) is 0 Å². The number of aromatic amines is 1. The average Bonchev–Trinajstić information content (AvgIpc) is 3.11. The molecular weight excluding hydrogens is 365 g/mol. The van der Waals surface area contributed by atoms with Crippen LogP contribution < -0.4 is 5.73 Å². The largest absolute Gasteiger partial charge is 0.416 e. The molecule has 0 fully saturated rings. The third-order valence-corrected chi connectivity index (χ3v) is 4.47. The topological polar surface area (TPSA) is 78.5 Å². The number of para-hydroxylation sites is 2. The summed E-state index contributed by atoms with van der Waals surface area (Å²) in [6, 6.07) is 17.3. The zero-order valence-electron chi connectivity index (χ0n) is 14.5. The lowest BCUT2D eigenvalue weighted by molar-refractivity contribution is -0.137. The number of nitrogens with zero attached hydrogens (tertiary/aromatic N) is 1. The highest BCUT2D eigenvalue weighted by Gasteiger charge is 2.30. The van der Waals surface area contributed by atoms with Crippen LogP contribution in [0.3, 0.4) is 0 Å². The van der Waals surface area contributed by atoms with E-state index in [4.69, 9.17) is 11.1 Å². The number of halogens is 3. The maximum atomic E-state index is 13.0. The molecule has 0 aliphatic heterocycles. The van der Waals surface area contributed by atoms with E-state index < -0.39 is 11.7 Å². The van der Waals surface area contributed by atoms with Crippen LogP contribution in [0.5, 0.6) is 0 Å². The van der Waals surface area contributed by atoms with Crippen molar-refractivity contribution in [3.63, 3.8) is 0 Å². The summed E-state index contributed by atoms with van der Waals surface area (Å²) in [5.74, 6) is 0.342. The number of imidazole rings is 1. The second-order valence-electron chi connectivity index (χ2n) is 6.36. The monoisotopic (exact) mass is 380 g/mol. The normalized spacial score (nSPS) is 11.7. The van der Waals surface area contributed by atoms with Crippen LogP contribution in [0.2, 0.25) is 0 Å². The zero-order valence-corrected chi connectivity index (χ0v) is 14.5. The molecule has 0 aliphatic carbocycles. The van der Waals surface area contributed by atoms with Crippen molar-refractivity contribution in [2.24, 2.45) is 0 Å². The highest BCUT2D eigenvalue weighted by atomic mass is 19.4. The molecule has 7 heteroatoms. The number of fused-ring (bicyclic) bond motifs is 1. The van der Waals surface area contributed by atoms with Gasteiger partial charge >= 0.3 is 6.18 Å². The number of nitrogens with one attached hydrogen (secondary N) is 2. The Bertz CT molecular complexity index is 1160. The van der Waals surface area contributed by atoms with E-state index in [-0.39, 0.29) is 5.71 Å². The highest BCUT2D eigenvalue weighted by Crippen LogP contribution is 2.33. The van der Waals surface area contributed by atoms with Crippen molar-refractivity contribution in [1.29, 1.82) is 5.41 Å². The fourth-order valence-electron chi connectivity index (χ4n) is 3.03. The van der Waals surface area contributed by atoms with Gasteiger partial charge in [0.15, 0.2) is 5.82 Å². The molecule has 4 nitrogen and oxygen atoms in total. The smallest absolute Gasteiger partial charge is 0.398 e. The van der Waals surface area contributed by atoms with Crippen LogP contribution >= 0.6 is 0 Å². The van der Waals surface area contributed by atoms with Crippen molar-refractivity contribution < 1.29 is 13.2 Å². The fourth-order valence-corrected chi connectivity index (χ4v) is 3.03. The van der Waals surface area contributed by atoms with Gasteiger partial charge in [0.05, 0.1) is 16.6 Å². The standard InChI is InChI=1S/C21H15F3N4/c22-21(23,24)14-5-3-4-12(10-14)13-8-9-16(25)15(11-13)19(26)20-27-17-6-1-2-7-18(17)28-20/h1-11,26H,25H2,(H,27,28). The summed E-state index contributed by atoms with van der Waals surface area (Å²) in [7, 11) is 0. The number of H-pyrrole nitrogens is 1. The van der Waals surface area contributed by atoms with Gasteiger partial charge in [0.2, 0.25) is 0 Å². The molecule has 28 heavy (non-hydrogen) atoms. The summed E-state index contributed by atoms with van der Waals surface area (Å²) in [6.45, 7) is 0. The van der Waals surface area contributed by atoms with Gasteiger partial charge in [0, 0.05) is 11.3 Å². The first-order chi connectivity index (χ1) is 13.3. The molecule has 1 aromatic heterocycles. The predicted molar refractivity (Wildman–Crippen MR) is 103 cm³/mol. The Morgan fingerprint density at radius 2 is 1.68 bits per heavy atom. The molecule has 4 rings (SSSR count). The molecule has 0 spiro atoms. The third kappa shape index (κ3) is 3.22. The Hall–Kier alpha value is -3.61. The number of hydrogen-bond donors (Lipinski definition) is 3. The molecule has 0 amide bonds. The van der Waals surface area contributed by atoms with E-state index in [1.165, 1.54) is 6.07 Å². The van der Waals surface area contributed by atoms with Gasteiger partial charge in [-0.2, -0.15) is 13.2 Å². The Labute approximate surface area is 158 Å². The quantitative estimate of drug-likeness (QED) is 0.335. The third-order valence-electron chi connectivity index (χ3n) is 4.47. The van der Waals surface area contributed by atoms with Crippen LogP contribution in [0.25, 0.3) is 22.2 Å². The molecule has 0 unspecified atom stereocenters.